The Hall–Kier alpha value is -1.88. The molecule has 0 saturated heterocycles. The van der Waals surface area contributed by atoms with Crippen molar-refractivity contribution in [3.05, 3.63) is 35.9 Å². The number of esters is 1. The first-order chi connectivity index (χ1) is 8.63. The predicted octanol–water partition coefficient (Wildman–Crippen LogP) is 1.18. The van der Waals surface area contributed by atoms with Gasteiger partial charge in [-0.15, -0.1) is 0 Å². The predicted molar refractivity (Wildman–Crippen MR) is 66.0 cm³/mol. The van der Waals surface area contributed by atoms with Crippen molar-refractivity contribution in [2.45, 2.75) is 25.4 Å². The van der Waals surface area contributed by atoms with E-state index in [-0.39, 0.29) is 12.8 Å². The molecule has 0 saturated carbocycles. The van der Waals surface area contributed by atoms with Gasteiger partial charge in [-0.05, 0) is 12.0 Å². The molecule has 0 heterocycles. The van der Waals surface area contributed by atoms with Crippen LogP contribution in [0.1, 0.15) is 18.4 Å². The SMILES string of the molecule is COC(=O)CC[C@H](NCc1ccccc1)C(=O)O. The Morgan fingerprint density at radius 2 is 2.00 bits per heavy atom. The Balaban J connectivity index is 2.43. The number of nitrogens with one attached hydrogen (secondary N) is 1. The Morgan fingerprint density at radius 3 is 2.56 bits per heavy atom. The molecule has 18 heavy (non-hydrogen) atoms. The highest BCUT2D eigenvalue weighted by molar-refractivity contribution is 5.75. The van der Waals surface area contributed by atoms with E-state index in [0.29, 0.717) is 6.54 Å². The van der Waals surface area contributed by atoms with E-state index in [2.05, 4.69) is 10.1 Å². The maximum Gasteiger partial charge on any atom is 0.320 e. The molecule has 2 N–H and O–H groups in total. The van der Waals surface area contributed by atoms with E-state index < -0.39 is 18.0 Å². The molecule has 0 radical (unpaired) electrons. The summed E-state index contributed by atoms with van der Waals surface area (Å²) < 4.78 is 4.48. The van der Waals surface area contributed by atoms with Crippen LogP contribution in [0.15, 0.2) is 30.3 Å². The molecule has 5 heteroatoms. The minimum atomic E-state index is -0.963. The number of benzene rings is 1. The fourth-order valence-electron chi connectivity index (χ4n) is 1.51. The minimum absolute atomic E-state index is 0.0925. The van der Waals surface area contributed by atoms with Gasteiger partial charge in [0.2, 0.25) is 0 Å². The maximum atomic E-state index is 11.0. The van der Waals surface area contributed by atoms with Crippen molar-refractivity contribution in [2.75, 3.05) is 7.11 Å². The molecule has 0 aliphatic heterocycles. The van der Waals surface area contributed by atoms with Gasteiger partial charge in [0.05, 0.1) is 7.11 Å². The van der Waals surface area contributed by atoms with E-state index in [1.54, 1.807) is 0 Å². The third kappa shape index (κ3) is 4.97. The monoisotopic (exact) mass is 251 g/mol. The Labute approximate surface area is 106 Å². The van der Waals surface area contributed by atoms with Crippen LogP contribution in [-0.4, -0.2) is 30.2 Å². The molecule has 5 nitrogen and oxygen atoms in total. The number of aliphatic carboxylic acids is 1. The second-order valence-corrected chi connectivity index (χ2v) is 3.87. The van der Waals surface area contributed by atoms with Crippen molar-refractivity contribution in [3.63, 3.8) is 0 Å². The average molecular weight is 251 g/mol. The molecule has 0 aliphatic rings. The van der Waals surface area contributed by atoms with Crippen molar-refractivity contribution in [1.82, 2.24) is 5.32 Å². The standard InChI is InChI=1S/C13H17NO4/c1-18-12(15)8-7-11(13(16)17)14-9-10-5-3-2-4-6-10/h2-6,11,14H,7-9H2,1H3,(H,16,17)/t11-/m0/s1. The van der Waals surface area contributed by atoms with Crippen LogP contribution >= 0.6 is 0 Å². The van der Waals surface area contributed by atoms with Crippen molar-refractivity contribution in [1.29, 1.82) is 0 Å². The summed E-state index contributed by atoms with van der Waals surface area (Å²) in [4.78, 5) is 22.0. The Bertz CT molecular complexity index is 391. The van der Waals surface area contributed by atoms with Crippen LogP contribution in [0.25, 0.3) is 0 Å². The van der Waals surface area contributed by atoms with Crippen LogP contribution in [0.2, 0.25) is 0 Å². The first-order valence-electron chi connectivity index (χ1n) is 5.70. The summed E-state index contributed by atoms with van der Waals surface area (Å²) in [5, 5.41) is 11.9. The van der Waals surface area contributed by atoms with Crippen molar-refractivity contribution >= 4 is 11.9 Å². The first kappa shape index (κ1) is 14.2. The lowest BCUT2D eigenvalue weighted by molar-refractivity contribution is -0.142. The van der Waals surface area contributed by atoms with Crippen molar-refractivity contribution < 1.29 is 19.4 Å². The van der Waals surface area contributed by atoms with Crippen LogP contribution in [0.5, 0.6) is 0 Å². The van der Waals surface area contributed by atoms with Gasteiger partial charge in [-0.2, -0.15) is 0 Å². The van der Waals surface area contributed by atoms with Gasteiger partial charge < -0.3 is 15.2 Å². The second kappa shape index (κ2) is 7.45. The Morgan fingerprint density at radius 1 is 1.33 bits per heavy atom. The van der Waals surface area contributed by atoms with Gasteiger partial charge in [-0.25, -0.2) is 0 Å². The van der Waals surface area contributed by atoms with Gasteiger partial charge in [0.15, 0.2) is 0 Å². The topological polar surface area (TPSA) is 75.6 Å². The summed E-state index contributed by atoms with van der Waals surface area (Å²) in [5.41, 5.74) is 1.00. The van der Waals surface area contributed by atoms with Crippen LogP contribution in [0.4, 0.5) is 0 Å². The lowest BCUT2D eigenvalue weighted by Crippen LogP contribution is -2.36. The second-order valence-electron chi connectivity index (χ2n) is 3.87. The number of carboxylic acids is 1. The van der Waals surface area contributed by atoms with E-state index in [9.17, 15) is 9.59 Å². The molecule has 1 atom stereocenters. The van der Waals surface area contributed by atoms with Gasteiger partial charge in [0, 0.05) is 13.0 Å². The van der Waals surface area contributed by atoms with Crippen LogP contribution in [-0.2, 0) is 20.9 Å². The molecule has 1 aromatic carbocycles. The zero-order chi connectivity index (χ0) is 13.4. The molecule has 0 unspecified atom stereocenters. The number of carbonyl (C=O) groups is 2. The van der Waals surface area contributed by atoms with Crippen LogP contribution < -0.4 is 5.32 Å². The maximum absolute atomic E-state index is 11.0. The zero-order valence-electron chi connectivity index (χ0n) is 10.3. The minimum Gasteiger partial charge on any atom is -0.480 e. The lowest BCUT2D eigenvalue weighted by Gasteiger charge is -2.13. The summed E-state index contributed by atoms with van der Waals surface area (Å²) in [5.74, 6) is -1.36. The molecular weight excluding hydrogens is 234 g/mol. The number of carboxylic acid groups (broad SMARTS) is 1. The molecule has 1 rings (SSSR count). The van der Waals surface area contributed by atoms with E-state index >= 15 is 0 Å². The van der Waals surface area contributed by atoms with Gasteiger partial charge >= 0.3 is 11.9 Å². The smallest absolute Gasteiger partial charge is 0.320 e. The molecule has 0 amide bonds. The fourth-order valence-corrected chi connectivity index (χ4v) is 1.51. The number of rotatable bonds is 7. The van der Waals surface area contributed by atoms with E-state index in [1.807, 2.05) is 30.3 Å². The fraction of sp³-hybridized carbons (Fsp3) is 0.385. The van der Waals surface area contributed by atoms with Gasteiger partial charge in [0.1, 0.15) is 6.04 Å². The van der Waals surface area contributed by atoms with E-state index in [1.165, 1.54) is 7.11 Å². The summed E-state index contributed by atoms with van der Waals surface area (Å²) in [6.07, 6.45) is 0.310. The van der Waals surface area contributed by atoms with Gasteiger partial charge in [-0.3, -0.25) is 9.59 Å². The molecule has 0 aliphatic carbocycles. The molecule has 0 bridgehead atoms. The number of carbonyl (C=O) groups excluding carboxylic acids is 1. The first-order valence-corrected chi connectivity index (χ1v) is 5.70. The van der Waals surface area contributed by atoms with E-state index in [0.717, 1.165) is 5.56 Å². The third-order valence-corrected chi connectivity index (χ3v) is 2.56. The van der Waals surface area contributed by atoms with Gasteiger partial charge in [-0.1, -0.05) is 30.3 Å². The third-order valence-electron chi connectivity index (χ3n) is 2.56. The highest BCUT2D eigenvalue weighted by Gasteiger charge is 2.18. The van der Waals surface area contributed by atoms with Gasteiger partial charge in [0.25, 0.3) is 0 Å². The lowest BCUT2D eigenvalue weighted by atomic mass is 10.1. The van der Waals surface area contributed by atoms with Crippen molar-refractivity contribution in [2.24, 2.45) is 0 Å². The summed E-state index contributed by atoms with van der Waals surface area (Å²) in [6, 6.07) is 8.75. The Kier molecular flexibility index (Phi) is 5.87. The summed E-state index contributed by atoms with van der Waals surface area (Å²) in [7, 11) is 1.29. The quantitative estimate of drug-likeness (QED) is 0.712. The van der Waals surface area contributed by atoms with Crippen molar-refractivity contribution in [3.8, 4) is 0 Å². The molecule has 0 fully saturated rings. The van der Waals surface area contributed by atoms with E-state index in [4.69, 9.17) is 5.11 Å². The number of hydrogen-bond donors (Lipinski definition) is 2. The molecule has 98 valence electrons. The number of hydrogen-bond acceptors (Lipinski definition) is 4. The molecule has 0 spiro atoms. The average Bonchev–Trinajstić information content (AvgIpc) is 2.39. The summed E-state index contributed by atoms with van der Waals surface area (Å²) >= 11 is 0. The largest absolute Gasteiger partial charge is 0.480 e. The number of methoxy groups -OCH3 is 1. The molecule has 0 aromatic heterocycles. The molecular formula is C13H17NO4. The normalized spacial score (nSPS) is 11.8. The highest BCUT2D eigenvalue weighted by atomic mass is 16.5. The number of ether oxygens (including phenoxy) is 1. The summed E-state index contributed by atoms with van der Waals surface area (Å²) in [6.45, 7) is 0.457. The molecule has 1 aromatic rings. The zero-order valence-corrected chi connectivity index (χ0v) is 10.3. The van der Waals surface area contributed by atoms with Crippen LogP contribution in [0, 0.1) is 0 Å². The van der Waals surface area contributed by atoms with Crippen LogP contribution in [0.3, 0.4) is 0 Å². The highest BCUT2D eigenvalue weighted by Crippen LogP contribution is 2.03.